The number of benzene rings is 2. The van der Waals surface area contributed by atoms with Crippen LogP contribution in [-0.2, 0) is 4.79 Å². The molecule has 0 aliphatic rings. The Hall–Kier alpha value is -2.90. The number of rotatable bonds is 7. The van der Waals surface area contributed by atoms with Gasteiger partial charge in [-0.25, -0.2) is 5.43 Å². The predicted octanol–water partition coefficient (Wildman–Crippen LogP) is 4.10. The van der Waals surface area contributed by atoms with Crippen LogP contribution in [-0.4, -0.2) is 23.7 Å². The van der Waals surface area contributed by atoms with Crippen LogP contribution in [0, 0.1) is 10.1 Å². The lowest BCUT2D eigenvalue weighted by molar-refractivity contribution is -0.385. The van der Waals surface area contributed by atoms with Crippen LogP contribution in [0.25, 0.3) is 6.08 Å². The Kier molecular flexibility index (Phi) is 7.13. The number of amides is 1. The molecule has 0 radical (unpaired) electrons. The molecule has 0 aliphatic carbocycles. The zero-order valence-corrected chi connectivity index (χ0v) is 14.8. The van der Waals surface area contributed by atoms with Crippen molar-refractivity contribution in [1.29, 1.82) is 0 Å². The lowest BCUT2D eigenvalue weighted by Crippen LogP contribution is -2.24. The van der Waals surface area contributed by atoms with Gasteiger partial charge >= 0.3 is 0 Å². The number of halogens is 2. The van der Waals surface area contributed by atoms with Gasteiger partial charge in [0.25, 0.3) is 11.6 Å². The number of carbonyl (C=O) groups excluding carboxylic acids is 1. The number of allylic oxidation sites excluding steroid dienone is 1. The first-order chi connectivity index (χ1) is 12.5. The minimum absolute atomic E-state index is 0.0190. The highest BCUT2D eigenvalue weighted by atomic mass is 35.5. The predicted molar refractivity (Wildman–Crippen MR) is 101 cm³/mol. The quantitative estimate of drug-likeness (QED) is 0.435. The fourth-order valence-corrected chi connectivity index (χ4v) is 2.32. The fraction of sp³-hybridized carbons (Fsp3) is 0.0588. The summed E-state index contributed by atoms with van der Waals surface area (Å²) in [6.07, 6.45) is 4.28. The van der Waals surface area contributed by atoms with Crippen LogP contribution >= 0.6 is 23.2 Å². The molecule has 1 amide bonds. The smallest absolute Gasteiger partial charge is 0.277 e. The number of nitro groups is 1. The highest BCUT2D eigenvalue weighted by Gasteiger charge is 2.08. The lowest BCUT2D eigenvalue weighted by Gasteiger charge is -2.06. The van der Waals surface area contributed by atoms with Crippen LogP contribution in [0.4, 0.5) is 5.69 Å². The molecule has 0 spiro atoms. The van der Waals surface area contributed by atoms with Crippen LogP contribution in [0.3, 0.4) is 0 Å². The van der Waals surface area contributed by atoms with Gasteiger partial charge in [-0.2, -0.15) is 5.10 Å². The Morgan fingerprint density at radius 3 is 2.77 bits per heavy atom. The summed E-state index contributed by atoms with van der Waals surface area (Å²) in [5, 5.41) is 15.3. The Balaban J connectivity index is 1.83. The van der Waals surface area contributed by atoms with E-state index in [9.17, 15) is 14.9 Å². The zero-order chi connectivity index (χ0) is 18.9. The van der Waals surface area contributed by atoms with Crippen molar-refractivity contribution in [3.63, 3.8) is 0 Å². The first-order valence-corrected chi connectivity index (χ1v) is 8.03. The zero-order valence-electron chi connectivity index (χ0n) is 13.3. The average Bonchev–Trinajstić information content (AvgIpc) is 2.61. The number of nitro benzene ring substituents is 1. The number of ether oxygens (including phenoxy) is 1. The molecule has 0 unspecified atom stereocenters. The third-order valence-electron chi connectivity index (χ3n) is 3.01. The van der Waals surface area contributed by atoms with Gasteiger partial charge in [-0.05, 0) is 36.4 Å². The van der Waals surface area contributed by atoms with E-state index >= 15 is 0 Å². The molecule has 2 aromatic carbocycles. The van der Waals surface area contributed by atoms with Crippen LogP contribution in [0.5, 0.6) is 5.75 Å². The molecular weight excluding hydrogens is 381 g/mol. The number of nitrogens with zero attached hydrogens (tertiary/aromatic N) is 2. The molecule has 0 aromatic heterocycles. The van der Waals surface area contributed by atoms with Crippen molar-refractivity contribution in [3.8, 4) is 5.75 Å². The van der Waals surface area contributed by atoms with E-state index in [-0.39, 0.29) is 12.3 Å². The number of para-hydroxylation sites is 1. The molecule has 2 rings (SSSR count). The molecule has 2 aromatic rings. The molecule has 134 valence electrons. The highest BCUT2D eigenvalue weighted by Crippen LogP contribution is 2.27. The van der Waals surface area contributed by atoms with Gasteiger partial charge in [-0.3, -0.25) is 14.9 Å². The van der Waals surface area contributed by atoms with Crippen LogP contribution in [0.2, 0.25) is 10.0 Å². The molecule has 0 atom stereocenters. The van der Waals surface area contributed by atoms with E-state index in [0.717, 1.165) is 0 Å². The standard InChI is InChI=1S/C17H13Cl2N3O4/c18-13-7-8-16(14(19)10-13)26-11-17(23)21-20-9-3-5-12-4-1-2-6-15(12)22(24)25/h1-10H,11H2,(H,21,23)/b5-3+,20-9-. The first-order valence-electron chi connectivity index (χ1n) is 7.27. The van der Waals surface area contributed by atoms with Gasteiger partial charge in [-0.1, -0.05) is 35.3 Å². The number of carbonyl (C=O) groups is 1. The van der Waals surface area contributed by atoms with E-state index in [1.165, 1.54) is 30.5 Å². The van der Waals surface area contributed by atoms with E-state index in [2.05, 4.69) is 10.5 Å². The van der Waals surface area contributed by atoms with Crippen molar-refractivity contribution in [2.75, 3.05) is 6.61 Å². The molecule has 0 saturated heterocycles. The summed E-state index contributed by atoms with van der Waals surface area (Å²) >= 11 is 11.7. The molecule has 9 heteroatoms. The van der Waals surface area contributed by atoms with Crippen molar-refractivity contribution >= 4 is 47.1 Å². The number of hydrogen-bond donors (Lipinski definition) is 1. The topological polar surface area (TPSA) is 93.8 Å². The van der Waals surface area contributed by atoms with Gasteiger partial charge in [0.1, 0.15) is 5.75 Å². The number of hydrazone groups is 1. The van der Waals surface area contributed by atoms with Crippen LogP contribution in [0.15, 0.2) is 53.6 Å². The molecule has 0 aliphatic heterocycles. The van der Waals surface area contributed by atoms with Crippen molar-refractivity contribution in [1.82, 2.24) is 5.43 Å². The minimum Gasteiger partial charge on any atom is -0.482 e. The summed E-state index contributed by atoms with van der Waals surface area (Å²) < 4.78 is 5.25. The lowest BCUT2D eigenvalue weighted by atomic mass is 10.2. The average molecular weight is 394 g/mol. The Labute approximate surface area is 159 Å². The van der Waals surface area contributed by atoms with Gasteiger partial charge in [0, 0.05) is 17.3 Å². The molecule has 26 heavy (non-hydrogen) atoms. The second kappa shape index (κ2) is 9.55. The van der Waals surface area contributed by atoms with E-state index in [0.29, 0.717) is 21.4 Å². The molecule has 0 saturated carbocycles. The van der Waals surface area contributed by atoms with E-state index in [1.54, 1.807) is 30.3 Å². The van der Waals surface area contributed by atoms with Crippen molar-refractivity contribution in [3.05, 3.63) is 74.3 Å². The maximum absolute atomic E-state index is 11.6. The summed E-state index contributed by atoms with van der Waals surface area (Å²) in [5.74, 6) is -0.169. The maximum Gasteiger partial charge on any atom is 0.277 e. The van der Waals surface area contributed by atoms with Gasteiger partial charge in [0.05, 0.1) is 15.5 Å². The number of hydrogen-bond acceptors (Lipinski definition) is 5. The van der Waals surface area contributed by atoms with E-state index in [1.807, 2.05) is 0 Å². The number of nitrogens with one attached hydrogen (secondary N) is 1. The SMILES string of the molecule is O=C(COc1ccc(Cl)cc1Cl)N/N=C\C=C\c1ccccc1[N+](=O)[O-]. The van der Waals surface area contributed by atoms with Gasteiger partial charge < -0.3 is 4.74 Å². The summed E-state index contributed by atoms with van der Waals surface area (Å²) in [5.41, 5.74) is 2.67. The molecule has 1 N–H and O–H groups in total. The summed E-state index contributed by atoms with van der Waals surface area (Å²) in [7, 11) is 0. The Morgan fingerprint density at radius 2 is 2.04 bits per heavy atom. The normalized spacial score (nSPS) is 11.0. The second-order valence-corrected chi connectivity index (χ2v) is 5.70. The largest absolute Gasteiger partial charge is 0.482 e. The fourth-order valence-electron chi connectivity index (χ4n) is 1.86. The summed E-state index contributed by atoms with van der Waals surface area (Å²) in [6, 6.07) is 10.9. The molecular formula is C17H13Cl2N3O4. The Morgan fingerprint density at radius 1 is 1.27 bits per heavy atom. The van der Waals surface area contributed by atoms with E-state index < -0.39 is 10.8 Å². The minimum atomic E-state index is -0.494. The monoisotopic (exact) mass is 393 g/mol. The second-order valence-electron chi connectivity index (χ2n) is 4.85. The van der Waals surface area contributed by atoms with E-state index in [4.69, 9.17) is 27.9 Å². The maximum atomic E-state index is 11.6. The van der Waals surface area contributed by atoms with Gasteiger partial charge in [-0.15, -0.1) is 0 Å². The van der Waals surface area contributed by atoms with Crippen molar-refractivity contribution in [2.45, 2.75) is 0 Å². The van der Waals surface area contributed by atoms with Gasteiger partial charge in [0.15, 0.2) is 6.61 Å². The van der Waals surface area contributed by atoms with Crippen LogP contribution < -0.4 is 10.2 Å². The first kappa shape index (κ1) is 19.4. The highest BCUT2D eigenvalue weighted by molar-refractivity contribution is 6.35. The van der Waals surface area contributed by atoms with Crippen molar-refractivity contribution < 1.29 is 14.5 Å². The van der Waals surface area contributed by atoms with Gasteiger partial charge in [0.2, 0.25) is 0 Å². The molecule has 0 heterocycles. The van der Waals surface area contributed by atoms with Crippen molar-refractivity contribution in [2.24, 2.45) is 5.10 Å². The molecule has 0 bridgehead atoms. The molecule has 7 nitrogen and oxygen atoms in total. The summed E-state index contributed by atoms with van der Waals surface area (Å²) in [4.78, 5) is 22.0. The summed E-state index contributed by atoms with van der Waals surface area (Å²) in [6.45, 7) is -0.285. The third-order valence-corrected chi connectivity index (χ3v) is 3.54. The third kappa shape index (κ3) is 5.87. The molecule has 0 fully saturated rings. The van der Waals surface area contributed by atoms with Crippen LogP contribution in [0.1, 0.15) is 5.56 Å². The Bertz CT molecular complexity index is 869.